The largest absolute Gasteiger partial charge is 0.507 e. The Labute approximate surface area is 69.0 Å². The van der Waals surface area contributed by atoms with E-state index in [9.17, 15) is 0 Å². The highest BCUT2D eigenvalue weighted by Crippen LogP contribution is 1.96. The van der Waals surface area contributed by atoms with Gasteiger partial charge in [-0.1, -0.05) is 33.9 Å². The first-order valence-electron chi connectivity index (χ1n) is 3.76. The summed E-state index contributed by atoms with van der Waals surface area (Å²) in [7, 11) is 0. The Morgan fingerprint density at radius 2 is 1.91 bits per heavy atom. The van der Waals surface area contributed by atoms with Crippen molar-refractivity contribution in [1.82, 2.24) is 0 Å². The molecule has 0 rings (SSSR count). The predicted molar refractivity (Wildman–Crippen MR) is 51.0 cm³/mol. The van der Waals surface area contributed by atoms with Gasteiger partial charge in [0.25, 0.3) is 0 Å². The molecule has 0 saturated carbocycles. The average molecular weight is 155 g/mol. The van der Waals surface area contributed by atoms with E-state index in [4.69, 9.17) is 5.11 Å². The summed E-state index contributed by atoms with van der Waals surface area (Å²) in [6, 6.07) is 0. The lowest BCUT2D eigenvalue weighted by molar-refractivity contribution is 0.449. The van der Waals surface area contributed by atoms with Gasteiger partial charge in [0.2, 0.25) is 0 Å². The van der Waals surface area contributed by atoms with Crippen molar-refractivity contribution < 1.29 is 5.11 Å². The first-order valence-corrected chi connectivity index (χ1v) is 3.76. The number of aliphatic hydroxyl groups excluding tert-OH is 1. The molecule has 2 nitrogen and oxygen atoms in total. The second-order valence-electron chi connectivity index (χ2n) is 1.67. The van der Waals surface area contributed by atoms with Crippen LogP contribution in [0.1, 0.15) is 27.2 Å². The van der Waals surface area contributed by atoms with Gasteiger partial charge in [-0.3, -0.25) is 4.99 Å². The lowest BCUT2D eigenvalue weighted by Gasteiger charge is -1.89. The van der Waals surface area contributed by atoms with Crippen molar-refractivity contribution in [3.63, 3.8) is 0 Å². The van der Waals surface area contributed by atoms with Crippen molar-refractivity contribution in [2.24, 2.45) is 4.99 Å². The van der Waals surface area contributed by atoms with E-state index in [-0.39, 0.29) is 5.76 Å². The molecule has 64 valence electrons. The summed E-state index contributed by atoms with van der Waals surface area (Å²) >= 11 is 0. The van der Waals surface area contributed by atoms with Gasteiger partial charge in [0.15, 0.2) is 0 Å². The van der Waals surface area contributed by atoms with Crippen LogP contribution >= 0.6 is 0 Å². The standard InChI is InChI=1S/C7H11NO.C2H6/c1-4-6(2)8-5-7(3)9;1-2/h5,9H,2-4H2,1H3;1-2H3. The molecule has 0 fully saturated rings. The Balaban J connectivity index is 0. The molecule has 0 atom stereocenters. The molecule has 0 radical (unpaired) electrons. The van der Waals surface area contributed by atoms with E-state index in [1.165, 1.54) is 6.21 Å². The van der Waals surface area contributed by atoms with E-state index in [1.807, 2.05) is 20.8 Å². The van der Waals surface area contributed by atoms with Crippen LogP contribution in [0.4, 0.5) is 0 Å². The summed E-state index contributed by atoms with van der Waals surface area (Å²) in [5.41, 5.74) is 0.741. The highest BCUT2D eigenvalue weighted by molar-refractivity contribution is 5.75. The number of rotatable bonds is 3. The van der Waals surface area contributed by atoms with Crippen LogP contribution in [0.25, 0.3) is 0 Å². The molecule has 0 bridgehead atoms. The summed E-state index contributed by atoms with van der Waals surface area (Å²) in [4.78, 5) is 3.77. The van der Waals surface area contributed by atoms with Crippen LogP contribution in [0.15, 0.2) is 29.6 Å². The van der Waals surface area contributed by atoms with Crippen LogP contribution in [-0.2, 0) is 0 Å². The number of nitrogens with zero attached hydrogens (tertiary/aromatic N) is 1. The summed E-state index contributed by atoms with van der Waals surface area (Å²) < 4.78 is 0. The summed E-state index contributed by atoms with van der Waals surface area (Å²) in [6.07, 6.45) is 2.08. The van der Waals surface area contributed by atoms with Crippen LogP contribution in [0, 0.1) is 0 Å². The monoisotopic (exact) mass is 155 g/mol. The molecule has 0 heterocycles. The normalized spacial score (nSPS) is 8.64. The van der Waals surface area contributed by atoms with Gasteiger partial charge in [-0.05, 0) is 6.42 Å². The fourth-order valence-electron chi connectivity index (χ4n) is 0.257. The molecular formula is C9H17NO. The molecule has 2 heteroatoms. The summed E-state index contributed by atoms with van der Waals surface area (Å²) in [5.74, 6) is -0.0374. The van der Waals surface area contributed by atoms with E-state index in [0.29, 0.717) is 0 Å². The quantitative estimate of drug-likeness (QED) is 0.493. The number of aliphatic hydroxyl groups is 1. The maximum atomic E-state index is 8.51. The van der Waals surface area contributed by atoms with Crippen molar-refractivity contribution in [2.75, 3.05) is 0 Å². The Morgan fingerprint density at radius 3 is 2.18 bits per heavy atom. The van der Waals surface area contributed by atoms with Gasteiger partial charge in [-0.25, -0.2) is 0 Å². The van der Waals surface area contributed by atoms with Gasteiger partial charge in [0, 0.05) is 5.70 Å². The number of hydrogen-bond acceptors (Lipinski definition) is 2. The fourth-order valence-corrected chi connectivity index (χ4v) is 0.257. The van der Waals surface area contributed by atoms with Crippen molar-refractivity contribution in [3.8, 4) is 0 Å². The second kappa shape index (κ2) is 8.95. The highest BCUT2D eigenvalue weighted by Gasteiger charge is 1.81. The first kappa shape index (κ1) is 12.6. The van der Waals surface area contributed by atoms with Crippen LogP contribution in [0.3, 0.4) is 0 Å². The smallest absolute Gasteiger partial charge is 0.126 e. The highest BCUT2D eigenvalue weighted by atomic mass is 16.3. The van der Waals surface area contributed by atoms with Gasteiger partial charge in [-0.2, -0.15) is 0 Å². The van der Waals surface area contributed by atoms with Crippen LogP contribution in [0.2, 0.25) is 0 Å². The maximum absolute atomic E-state index is 8.51. The molecule has 0 aromatic heterocycles. The molecule has 0 spiro atoms. The zero-order chi connectivity index (χ0) is 9.28. The third-order valence-electron chi connectivity index (χ3n) is 0.804. The van der Waals surface area contributed by atoms with Crippen LogP contribution in [0.5, 0.6) is 0 Å². The minimum absolute atomic E-state index is 0.0374. The molecule has 11 heavy (non-hydrogen) atoms. The Morgan fingerprint density at radius 1 is 1.45 bits per heavy atom. The van der Waals surface area contributed by atoms with Crippen molar-refractivity contribution >= 4 is 6.21 Å². The summed E-state index contributed by atoms with van der Waals surface area (Å²) in [6.45, 7) is 12.8. The van der Waals surface area contributed by atoms with E-state index in [0.717, 1.165) is 12.1 Å². The molecule has 0 aromatic rings. The van der Waals surface area contributed by atoms with Crippen LogP contribution < -0.4 is 0 Å². The van der Waals surface area contributed by atoms with E-state index >= 15 is 0 Å². The van der Waals surface area contributed by atoms with Gasteiger partial charge >= 0.3 is 0 Å². The minimum Gasteiger partial charge on any atom is -0.507 e. The Bertz CT molecular complexity index is 148. The molecule has 0 amide bonds. The van der Waals surface area contributed by atoms with E-state index < -0.39 is 0 Å². The Kier molecular flexibility index (Phi) is 10.3. The van der Waals surface area contributed by atoms with Gasteiger partial charge in [0.05, 0.1) is 6.21 Å². The third kappa shape index (κ3) is 12.2. The average Bonchev–Trinajstić information content (AvgIpc) is 2.04. The molecule has 0 aliphatic rings. The van der Waals surface area contributed by atoms with Gasteiger partial charge < -0.3 is 5.11 Å². The van der Waals surface area contributed by atoms with Crippen molar-refractivity contribution in [2.45, 2.75) is 27.2 Å². The fraction of sp³-hybridized carbons (Fsp3) is 0.444. The molecule has 0 saturated heterocycles. The lowest BCUT2D eigenvalue weighted by Crippen LogP contribution is -1.79. The lowest BCUT2D eigenvalue weighted by atomic mass is 10.4. The van der Waals surface area contributed by atoms with Crippen molar-refractivity contribution in [3.05, 3.63) is 24.6 Å². The van der Waals surface area contributed by atoms with Gasteiger partial charge in [-0.15, -0.1) is 0 Å². The number of hydrogen-bond donors (Lipinski definition) is 1. The SMILES string of the molecule is C=C(O)C=NC(=C)CC.CC. The third-order valence-corrected chi connectivity index (χ3v) is 0.804. The molecule has 0 aliphatic carbocycles. The van der Waals surface area contributed by atoms with E-state index in [1.54, 1.807) is 0 Å². The molecule has 1 N–H and O–H groups in total. The molecule has 0 unspecified atom stereocenters. The van der Waals surface area contributed by atoms with E-state index in [2.05, 4.69) is 18.2 Å². The second-order valence-corrected chi connectivity index (χ2v) is 1.67. The van der Waals surface area contributed by atoms with Gasteiger partial charge in [0.1, 0.15) is 5.76 Å². The Hall–Kier alpha value is -1.05. The zero-order valence-corrected chi connectivity index (χ0v) is 7.59. The first-order chi connectivity index (χ1) is 5.16. The molecule has 0 aliphatic heterocycles. The maximum Gasteiger partial charge on any atom is 0.126 e. The topological polar surface area (TPSA) is 32.6 Å². The predicted octanol–water partition coefficient (Wildman–Crippen LogP) is 3.08. The summed E-state index contributed by atoms with van der Waals surface area (Å²) in [5, 5.41) is 8.51. The molecular weight excluding hydrogens is 138 g/mol. The zero-order valence-electron chi connectivity index (χ0n) is 7.59. The van der Waals surface area contributed by atoms with Crippen LogP contribution in [-0.4, -0.2) is 11.3 Å². The number of aliphatic imine (C=N–C) groups is 1. The van der Waals surface area contributed by atoms with Crippen molar-refractivity contribution in [1.29, 1.82) is 0 Å². The number of allylic oxidation sites excluding steroid dienone is 2. The minimum atomic E-state index is -0.0374. The molecule has 0 aromatic carbocycles.